The molecule has 118 valence electrons. The number of carboxylic acids is 1. The lowest BCUT2D eigenvalue weighted by atomic mass is 10.2. The summed E-state index contributed by atoms with van der Waals surface area (Å²) < 4.78 is 7.41. The van der Waals surface area contributed by atoms with Crippen molar-refractivity contribution in [1.82, 2.24) is 9.88 Å². The highest BCUT2D eigenvalue weighted by molar-refractivity contribution is 5.95. The summed E-state index contributed by atoms with van der Waals surface area (Å²) in [5.74, 6) is -0.475. The van der Waals surface area contributed by atoms with Gasteiger partial charge in [-0.1, -0.05) is 0 Å². The first-order chi connectivity index (χ1) is 10.3. The summed E-state index contributed by atoms with van der Waals surface area (Å²) in [6, 6.07) is 3.29. The topological polar surface area (TPSA) is 84.5 Å². The second-order valence-corrected chi connectivity index (χ2v) is 5.20. The van der Waals surface area contributed by atoms with Gasteiger partial charge in [0.05, 0.1) is 12.1 Å². The van der Waals surface area contributed by atoms with E-state index in [0.717, 1.165) is 17.9 Å². The zero-order chi connectivity index (χ0) is 16.4. The summed E-state index contributed by atoms with van der Waals surface area (Å²) in [5, 5.41) is 11.7. The number of nitrogens with zero attached hydrogens (tertiary/aromatic N) is 1. The Morgan fingerprint density at radius 1 is 1.23 bits per heavy atom. The summed E-state index contributed by atoms with van der Waals surface area (Å²) in [4.78, 5) is 23.2. The van der Waals surface area contributed by atoms with E-state index in [-0.39, 0.29) is 18.0 Å². The molecule has 22 heavy (non-hydrogen) atoms. The van der Waals surface area contributed by atoms with E-state index in [9.17, 15) is 9.59 Å². The van der Waals surface area contributed by atoms with Gasteiger partial charge in [0, 0.05) is 17.9 Å². The second-order valence-electron chi connectivity index (χ2n) is 5.20. The third kappa shape index (κ3) is 2.90. The van der Waals surface area contributed by atoms with Crippen LogP contribution < -0.4 is 5.32 Å². The molecule has 2 aromatic heterocycles. The molecule has 0 bridgehead atoms. The number of aromatic carboxylic acids is 1. The predicted molar refractivity (Wildman–Crippen MR) is 81.2 cm³/mol. The van der Waals surface area contributed by atoms with E-state index >= 15 is 0 Å². The molecule has 2 heterocycles. The van der Waals surface area contributed by atoms with E-state index in [0.29, 0.717) is 17.1 Å². The highest BCUT2D eigenvalue weighted by Crippen LogP contribution is 2.17. The summed E-state index contributed by atoms with van der Waals surface area (Å²) >= 11 is 0. The SMILES string of the molecule is CCn1c(C)cc(C(=O)NCc2cc(C(=O)O)c(C)o2)c1C. The molecule has 0 unspecified atom stereocenters. The van der Waals surface area contributed by atoms with E-state index < -0.39 is 5.97 Å². The Morgan fingerprint density at radius 3 is 2.41 bits per heavy atom. The number of hydrogen-bond donors (Lipinski definition) is 2. The quantitative estimate of drug-likeness (QED) is 0.889. The number of aromatic nitrogens is 1. The van der Waals surface area contributed by atoms with Gasteiger partial charge in [-0.05, 0) is 39.8 Å². The third-order valence-electron chi connectivity index (χ3n) is 3.76. The standard InChI is InChI=1S/C16H20N2O4/c1-5-18-9(2)6-13(10(18)3)15(19)17-8-12-7-14(16(20)21)11(4)22-12/h6-7H,5,8H2,1-4H3,(H,17,19)(H,20,21). The van der Waals surface area contributed by atoms with Gasteiger partial charge in [-0.25, -0.2) is 4.79 Å². The summed E-state index contributed by atoms with van der Waals surface area (Å²) in [6.07, 6.45) is 0. The first kappa shape index (κ1) is 15.9. The number of amides is 1. The van der Waals surface area contributed by atoms with Gasteiger partial charge in [0.2, 0.25) is 0 Å². The van der Waals surface area contributed by atoms with Crippen LogP contribution in [0.3, 0.4) is 0 Å². The first-order valence-electron chi connectivity index (χ1n) is 7.12. The monoisotopic (exact) mass is 304 g/mol. The second kappa shape index (κ2) is 6.09. The molecule has 0 saturated carbocycles. The third-order valence-corrected chi connectivity index (χ3v) is 3.76. The molecule has 0 aliphatic heterocycles. The molecule has 0 spiro atoms. The number of rotatable bonds is 5. The van der Waals surface area contributed by atoms with E-state index in [1.54, 1.807) is 6.92 Å². The highest BCUT2D eigenvalue weighted by Gasteiger charge is 2.17. The number of furan rings is 1. The van der Waals surface area contributed by atoms with Crippen LogP contribution in [0.4, 0.5) is 0 Å². The number of hydrogen-bond acceptors (Lipinski definition) is 3. The fourth-order valence-electron chi connectivity index (χ4n) is 2.62. The number of aryl methyl sites for hydroxylation is 2. The Hall–Kier alpha value is -2.50. The van der Waals surface area contributed by atoms with Crippen LogP contribution >= 0.6 is 0 Å². The van der Waals surface area contributed by atoms with Crippen LogP contribution in [0.15, 0.2) is 16.5 Å². The van der Waals surface area contributed by atoms with Gasteiger partial charge >= 0.3 is 5.97 Å². The van der Waals surface area contributed by atoms with Gasteiger partial charge < -0.3 is 19.4 Å². The number of carboxylic acid groups (broad SMARTS) is 1. The largest absolute Gasteiger partial charge is 0.478 e. The molecule has 2 N–H and O–H groups in total. The van der Waals surface area contributed by atoms with Crippen molar-refractivity contribution in [2.45, 2.75) is 40.8 Å². The van der Waals surface area contributed by atoms with E-state index in [1.807, 2.05) is 26.8 Å². The van der Waals surface area contributed by atoms with E-state index in [1.165, 1.54) is 6.07 Å². The lowest BCUT2D eigenvalue weighted by Gasteiger charge is -2.06. The Labute approximate surface area is 128 Å². The Kier molecular flexibility index (Phi) is 4.40. The molecule has 0 fully saturated rings. The zero-order valence-electron chi connectivity index (χ0n) is 13.2. The molecule has 1 amide bonds. The van der Waals surface area contributed by atoms with Crippen molar-refractivity contribution in [3.63, 3.8) is 0 Å². The van der Waals surface area contributed by atoms with Crippen LogP contribution in [0.25, 0.3) is 0 Å². The maximum atomic E-state index is 12.3. The van der Waals surface area contributed by atoms with Gasteiger partial charge in [-0.15, -0.1) is 0 Å². The van der Waals surface area contributed by atoms with Gasteiger partial charge in [-0.3, -0.25) is 4.79 Å². The molecule has 0 aliphatic carbocycles. The van der Waals surface area contributed by atoms with Gasteiger partial charge in [0.15, 0.2) is 0 Å². The van der Waals surface area contributed by atoms with Crippen molar-refractivity contribution in [3.05, 3.63) is 46.2 Å². The van der Waals surface area contributed by atoms with Crippen molar-refractivity contribution in [2.75, 3.05) is 0 Å². The molecule has 6 heteroatoms. The minimum Gasteiger partial charge on any atom is -0.478 e. The summed E-state index contributed by atoms with van der Waals surface area (Å²) in [5.41, 5.74) is 2.70. The lowest BCUT2D eigenvalue weighted by Crippen LogP contribution is -2.23. The van der Waals surface area contributed by atoms with Crippen LogP contribution in [0.5, 0.6) is 0 Å². The van der Waals surface area contributed by atoms with Crippen LogP contribution in [0.1, 0.15) is 50.5 Å². The van der Waals surface area contributed by atoms with Crippen molar-refractivity contribution >= 4 is 11.9 Å². The molecule has 0 atom stereocenters. The van der Waals surface area contributed by atoms with Crippen LogP contribution in [-0.2, 0) is 13.1 Å². The average Bonchev–Trinajstić information content (AvgIpc) is 2.96. The van der Waals surface area contributed by atoms with Crippen LogP contribution in [-0.4, -0.2) is 21.6 Å². The van der Waals surface area contributed by atoms with E-state index in [4.69, 9.17) is 9.52 Å². The minimum absolute atomic E-state index is 0.119. The van der Waals surface area contributed by atoms with Gasteiger partial charge in [-0.2, -0.15) is 0 Å². The number of nitrogens with one attached hydrogen (secondary N) is 1. The highest BCUT2D eigenvalue weighted by atomic mass is 16.4. The Balaban J connectivity index is 2.10. The molecule has 0 aliphatic rings. The fraction of sp³-hybridized carbons (Fsp3) is 0.375. The van der Waals surface area contributed by atoms with Crippen LogP contribution in [0.2, 0.25) is 0 Å². The number of carbonyl (C=O) groups is 2. The maximum absolute atomic E-state index is 12.3. The van der Waals surface area contributed by atoms with Crippen molar-refractivity contribution in [3.8, 4) is 0 Å². The van der Waals surface area contributed by atoms with Gasteiger partial charge in [0.1, 0.15) is 17.1 Å². The zero-order valence-corrected chi connectivity index (χ0v) is 13.2. The predicted octanol–water partition coefficient (Wildman–Crippen LogP) is 2.65. The molecule has 6 nitrogen and oxygen atoms in total. The molecular formula is C16H20N2O4. The smallest absolute Gasteiger partial charge is 0.339 e. The number of carbonyl (C=O) groups excluding carboxylic acids is 1. The van der Waals surface area contributed by atoms with Crippen molar-refractivity contribution < 1.29 is 19.1 Å². The average molecular weight is 304 g/mol. The maximum Gasteiger partial charge on any atom is 0.339 e. The first-order valence-corrected chi connectivity index (χ1v) is 7.12. The summed E-state index contributed by atoms with van der Waals surface area (Å²) in [7, 11) is 0. The fourth-order valence-corrected chi connectivity index (χ4v) is 2.62. The van der Waals surface area contributed by atoms with Gasteiger partial charge in [0.25, 0.3) is 5.91 Å². The Bertz CT molecular complexity index is 725. The molecular weight excluding hydrogens is 284 g/mol. The molecule has 2 aromatic rings. The lowest BCUT2D eigenvalue weighted by molar-refractivity contribution is 0.0694. The molecule has 2 rings (SSSR count). The van der Waals surface area contributed by atoms with Crippen molar-refractivity contribution in [2.24, 2.45) is 0 Å². The molecule has 0 aromatic carbocycles. The summed E-state index contributed by atoms with van der Waals surface area (Å²) in [6.45, 7) is 8.45. The normalized spacial score (nSPS) is 10.7. The Morgan fingerprint density at radius 2 is 1.91 bits per heavy atom. The molecule has 0 radical (unpaired) electrons. The van der Waals surface area contributed by atoms with E-state index in [2.05, 4.69) is 9.88 Å². The van der Waals surface area contributed by atoms with Crippen LogP contribution in [0, 0.1) is 20.8 Å². The van der Waals surface area contributed by atoms with Crippen molar-refractivity contribution in [1.29, 1.82) is 0 Å². The minimum atomic E-state index is -1.04. The molecule has 0 saturated heterocycles.